The van der Waals surface area contributed by atoms with Crippen LogP contribution in [0.1, 0.15) is 31.2 Å². The van der Waals surface area contributed by atoms with Crippen molar-refractivity contribution in [2.75, 3.05) is 20.1 Å². The zero-order valence-corrected chi connectivity index (χ0v) is 13.3. The molecule has 1 aromatic carbocycles. The van der Waals surface area contributed by atoms with E-state index in [1.807, 2.05) is 13.0 Å². The van der Waals surface area contributed by atoms with Crippen molar-refractivity contribution in [3.05, 3.63) is 56.1 Å². The van der Waals surface area contributed by atoms with Crippen LogP contribution in [0.4, 0.5) is 0 Å². The molecule has 1 aliphatic heterocycles. The number of rotatable bonds is 3. The summed E-state index contributed by atoms with van der Waals surface area (Å²) in [6.07, 6.45) is 0.749. The summed E-state index contributed by atoms with van der Waals surface area (Å²) in [5.74, 6) is -0.743. The molecular weight excluding hydrogens is 298 g/mol. The van der Waals surface area contributed by atoms with Crippen LogP contribution in [0.2, 0.25) is 0 Å². The van der Waals surface area contributed by atoms with Gasteiger partial charge in [0.25, 0.3) is 0 Å². The summed E-state index contributed by atoms with van der Waals surface area (Å²) in [6.45, 7) is 2.39. The maximum Gasteiger partial charge on any atom is 0.248 e. The Kier molecular flexibility index (Phi) is 3.63. The normalized spacial score (nSPS) is 37.3. The third kappa shape index (κ3) is 2.22. The second-order valence-corrected chi connectivity index (χ2v) is 7.25. The Morgan fingerprint density at radius 1 is 1.04 bits per heavy atom. The highest BCUT2D eigenvalue weighted by Crippen LogP contribution is 2.55. The predicted octanol–water partition coefficient (Wildman–Crippen LogP) is 2.18. The Balaban J connectivity index is 2.25. The van der Waals surface area contributed by atoms with Gasteiger partial charge in [-0.25, -0.2) is 0 Å². The topological polar surface area (TPSA) is 89.5 Å². The molecular formula is C16H21N3O4. The SMILES string of the molecule is CC1CC2([N+](=O)[O-])CN(C)CC([N+](=O)[O-])(C1)C2c1ccccc1. The van der Waals surface area contributed by atoms with Gasteiger partial charge in [0.05, 0.1) is 13.1 Å². The highest BCUT2D eigenvalue weighted by molar-refractivity contribution is 5.31. The van der Waals surface area contributed by atoms with E-state index in [4.69, 9.17) is 0 Å². The first-order valence-electron chi connectivity index (χ1n) is 7.84. The Morgan fingerprint density at radius 3 is 1.96 bits per heavy atom. The van der Waals surface area contributed by atoms with Crippen molar-refractivity contribution in [3.63, 3.8) is 0 Å². The third-order valence-corrected chi connectivity index (χ3v) is 5.43. The predicted molar refractivity (Wildman–Crippen MR) is 84.5 cm³/mol. The number of fused-ring (bicyclic) bond motifs is 2. The van der Waals surface area contributed by atoms with Crippen molar-refractivity contribution < 1.29 is 9.85 Å². The summed E-state index contributed by atoms with van der Waals surface area (Å²) in [5.41, 5.74) is -1.90. The number of nitro groups is 2. The monoisotopic (exact) mass is 319 g/mol. The molecule has 1 saturated heterocycles. The summed E-state index contributed by atoms with van der Waals surface area (Å²) in [7, 11) is 1.74. The second kappa shape index (κ2) is 5.26. The minimum atomic E-state index is -1.31. The van der Waals surface area contributed by atoms with Crippen molar-refractivity contribution in [1.29, 1.82) is 0 Å². The molecule has 2 atom stereocenters. The van der Waals surface area contributed by atoms with Crippen LogP contribution < -0.4 is 0 Å². The molecule has 7 nitrogen and oxygen atoms in total. The van der Waals surface area contributed by atoms with Crippen LogP contribution in [0.15, 0.2) is 30.3 Å². The average molecular weight is 319 g/mol. The molecule has 2 aliphatic rings. The Bertz CT molecular complexity index is 585. The van der Waals surface area contributed by atoms with Gasteiger partial charge >= 0.3 is 0 Å². The number of benzene rings is 1. The van der Waals surface area contributed by atoms with Crippen molar-refractivity contribution in [1.82, 2.24) is 4.90 Å². The molecule has 3 rings (SSSR count). The molecule has 2 unspecified atom stereocenters. The molecule has 0 spiro atoms. The van der Waals surface area contributed by atoms with E-state index in [1.165, 1.54) is 0 Å². The first-order valence-corrected chi connectivity index (χ1v) is 7.84. The van der Waals surface area contributed by atoms with Gasteiger partial charge in [-0.1, -0.05) is 37.3 Å². The van der Waals surface area contributed by atoms with Crippen LogP contribution in [0.25, 0.3) is 0 Å². The van der Waals surface area contributed by atoms with Gasteiger partial charge in [-0.15, -0.1) is 0 Å². The fraction of sp³-hybridized carbons (Fsp3) is 0.625. The molecule has 124 valence electrons. The molecule has 0 N–H and O–H groups in total. The summed E-state index contributed by atoms with van der Waals surface area (Å²) in [6, 6.07) is 9.02. The largest absolute Gasteiger partial charge is 0.293 e. The van der Waals surface area contributed by atoms with Gasteiger partial charge in [0, 0.05) is 22.7 Å². The lowest BCUT2D eigenvalue weighted by molar-refractivity contribution is -0.643. The van der Waals surface area contributed by atoms with E-state index >= 15 is 0 Å². The second-order valence-electron chi connectivity index (χ2n) is 7.25. The van der Waals surface area contributed by atoms with E-state index in [9.17, 15) is 20.2 Å². The first kappa shape index (κ1) is 15.9. The molecule has 0 amide bonds. The van der Waals surface area contributed by atoms with Crippen LogP contribution in [-0.2, 0) is 0 Å². The smallest absolute Gasteiger partial charge is 0.248 e. The molecule has 2 bridgehead atoms. The van der Waals surface area contributed by atoms with Gasteiger partial charge in [-0.2, -0.15) is 0 Å². The number of hydrogen-bond donors (Lipinski definition) is 0. The maximum atomic E-state index is 12.1. The van der Waals surface area contributed by atoms with Gasteiger partial charge in [0.2, 0.25) is 11.1 Å². The molecule has 1 saturated carbocycles. The lowest BCUT2D eigenvalue weighted by Gasteiger charge is -2.52. The van der Waals surface area contributed by atoms with Crippen LogP contribution in [0.3, 0.4) is 0 Å². The molecule has 23 heavy (non-hydrogen) atoms. The molecule has 1 aromatic rings. The minimum Gasteiger partial charge on any atom is -0.293 e. The number of likely N-dealkylation sites (tertiary alicyclic amines) is 1. The van der Waals surface area contributed by atoms with Gasteiger partial charge in [-0.3, -0.25) is 25.1 Å². The van der Waals surface area contributed by atoms with Crippen LogP contribution in [0.5, 0.6) is 0 Å². The lowest BCUT2D eigenvalue weighted by atomic mass is 9.55. The van der Waals surface area contributed by atoms with Crippen molar-refractivity contribution >= 4 is 0 Å². The summed E-state index contributed by atoms with van der Waals surface area (Å²) in [5, 5.41) is 24.2. The van der Waals surface area contributed by atoms with Crippen LogP contribution in [-0.4, -0.2) is 46.0 Å². The molecule has 0 radical (unpaired) electrons. The zero-order valence-electron chi connectivity index (χ0n) is 13.3. The van der Waals surface area contributed by atoms with Crippen LogP contribution >= 0.6 is 0 Å². The van der Waals surface area contributed by atoms with E-state index in [-0.39, 0.29) is 28.9 Å². The number of nitrogens with zero attached hydrogens (tertiary/aromatic N) is 3. The summed E-state index contributed by atoms with van der Waals surface area (Å²) in [4.78, 5) is 25.4. The molecule has 0 aromatic heterocycles. The lowest BCUT2D eigenvalue weighted by Crippen LogP contribution is -2.72. The van der Waals surface area contributed by atoms with Gasteiger partial charge in [0.1, 0.15) is 5.92 Å². The molecule has 7 heteroatoms. The van der Waals surface area contributed by atoms with Crippen LogP contribution in [0, 0.1) is 26.1 Å². The van der Waals surface area contributed by atoms with E-state index in [1.54, 1.807) is 36.2 Å². The van der Waals surface area contributed by atoms with E-state index in [2.05, 4.69) is 0 Å². The standard InChI is InChI=1S/C16H21N3O4/c1-12-8-15(18(20)21)10-17(2)11-16(9-12,19(22)23)14(15)13-6-4-3-5-7-13/h3-7,12,14H,8-11H2,1-2H3. The maximum absolute atomic E-state index is 12.1. The summed E-state index contributed by atoms with van der Waals surface area (Å²) >= 11 is 0. The highest BCUT2D eigenvalue weighted by Gasteiger charge is 2.72. The fourth-order valence-electron chi connectivity index (χ4n) is 5.06. The molecule has 2 fully saturated rings. The molecule has 1 aliphatic carbocycles. The van der Waals surface area contributed by atoms with Crippen molar-refractivity contribution in [2.24, 2.45) is 5.92 Å². The first-order chi connectivity index (χ1) is 10.8. The van der Waals surface area contributed by atoms with Crippen molar-refractivity contribution in [2.45, 2.75) is 36.8 Å². The van der Waals surface area contributed by atoms with E-state index in [0.717, 1.165) is 0 Å². The van der Waals surface area contributed by atoms with E-state index in [0.29, 0.717) is 18.4 Å². The fourth-order valence-corrected chi connectivity index (χ4v) is 5.06. The Hall–Kier alpha value is -2.02. The average Bonchev–Trinajstić information content (AvgIpc) is 2.46. The number of piperidine rings is 1. The number of hydrogen-bond acceptors (Lipinski definition) is 5. The Morgan fingerprint density at radius 2 is 1.52 bits per heavy atom. The molecule has 1 heterocycles. The van der Waals surface area contributed by atoms with E-state index < -0.39 is 17.0 Å². The summed E-state index contributed by atoms with van der Waals surface area (Å²) < 4.78 is 0. The third-order valence-electron chi connectivity index (χ3n) is 5.43. The highest BCUT2D eigenvalue weighted by atomic mass is 16.6. The Labute approximate surface area is 134 Å². The van der Waals surface area contributed by atoms with Gasteiger partial charge < -0.3 is 0 Å². The van der Waals surface area contributed by atoms with Gasteiger partial charge in [0.15, 0.2) is 0 Å². The van der Waals surface area contributed by atoms with Crippen molar-refractivity contribution in [3.8, 4) is 0 Å². The quantitative estimate of drug-likeness (QED) is 0.629. The van der Waals surface area contributed by atoms with Gasteiger partial charge in [-0.05, 0) is 18.5 Å². The zero-order chi connectivity index (χ0) is 16.8. The number of likely N-dealkylation sites (N-methyl/N-ethyl adjacent to an activating group) is 1. The minimum absolute atomic E-state index is 0.0422.